The van der Waals surface area contributed by atoms with E-state index >= 15 is 0 Å². The van der Waals surface area contributed by atoms with Gasteiger partial charge in [0.25, 0.3) is 0 Å². The van der Waals surface area contributed by atoms with Gasteiger partial charge in [0, 0.05) is 13.0 Å². The lowest BCUT2D eigenvalue weighted by molar-refractivity contribution is -0.121. The number of anilines is 1. The van der Waals surface area contributed by atoms with Crippen LogP contribution in [0.3, 0.4) is 0 Å². The van der Waals surface area contributed by atoms with E-state index in [1.165, 1.54) is 0 Å². The summed E-state index contributed by atoms with van der Waals surface area (Å²) in [7, 11) is 1.55. The minimum absolute atomic E-state index is 0.160. The van der Waals surface area contributed by atoms with Crippen molar-refractivity contribution in [1.29, 1.82) is 0 Å². The Hall–Kier alpha value is -3.74. The Bertz CT molecular complexity index is 974. The third-order valence-electron chi connectivity index (χ3n) is 4.98. The number of methoxy groups -OCH3 is 1. The van der Waals surface area contributed by atoms with Gasteiger partial charge >= 0.3 is 6.03 Å². The fourth-order valence-corrected chi connectivity index (χ4v) is 3.23. The van der Waals surface area contributed by atoms with E-state index in [-0.39, 0.29) is 30.9 Å². The van der Waals surface area contributed by atoms with Gasteiger partial charge in [-0.15, -0.1) is 0 Å². The summed E-state index contributed by atoms with van der Waals surface area (Å²) in [6.07, 6.45) is 1.73. The Morgan fingerprint density at radius 2 is 1.77 bits per heavy atom. The molecule has 1 aromatic heterocycles. The number of para-hydroxylation sites is 2. The van der Waals surface area contributed by atoms with Crippen LogP contribution < -0.4 is 15.4 Å². The van der Waals surface area contributed by atoms with Gasteiger partial charge in [-0.2, -0.15) is 0 Å². The second-order valence-electron chi connectivity index (χ2n) is 7.02. The zero-order valence-corrected chi connectivity index (χ0v) is 17.7. The summed E-state index contributed by atoms with van der Waals surface area (Å²) >= 11 is 0. The standard InChI is InChI=1S/C24H27N3O4/c1-18(19-9-4-3-5-10-19)27(15-14-23(28)25-17-20-11-8-16-31-20)24(29)26-21-12-6-7-13-22(21)30-2/h3-13,16,18H,14-15,17H2,1-2H3,(H,25,28)(H,26,29). The first-order valence-corrected chi connectivity index (χ1v) is 10.1. The highest BCUT2D eigenvalue weighted by Crippen LogP contribution is 2.26. The fraction of sp³-hybridized carbons (Fsp3) is 0.250. The largest absolute Gasteiger partial charge is 0.495 e. The lowest BCUT2D eigenvalue weighted by Crippen LogP contribution is -2.39. The van der Waals surface area contributed by atoms with Gasteiger partial charge in [-0.1, -0.05) is 42.5 Å². The number of furan rings is 1. The molecule has 0 fully saturated rings. The van der Waals surface area contributed by atoms with Crippen molar-refractivity contribution in [2.24, 2.45) is 0 Å². The van der Waals surface area contributed by atoms with Gasteiger partial charge < -0.3 is 24.7 Å². The number of amides is 3. The topological polar surface area (TPSA) is 83.8 Å². The van der Waals surface area contributed by atoms with Gasteiger partial charge in [0.2, 0.25) is 5.91 Å². The molecule has 0 radical (unpaired) electrons. The first-order valence-electron chi connectivity index (χ1n) is 10.1. The molecule has 0 spiro atoms. The van der Waals surface area contributed by atoms with Crippen LogP contribution in [0.1, 0.15) is 30.7 Å². The van der Waals surface area contributed by atoms with Crippen LogP contribution in [-0.4, -0.2) is 30.5 Å². The van der Waals surface area contributed by atoms with Crippen LogP contribution in [0, 0.1) is 0 Å². The number of hydrogen-bond acceptors (Lipinski definition) is 4. The van der Waals surface area contributed by atoms with Crippen molar-refractivity contribution in [3.63, 3.8) is 0 Å². The first-order chi connectivity index (χ1) is 15.1. The third-order valence-corrected chi connectivity index (χ3v) is 4.98. The van der Waals surface area contributed by atoms with E-state index in [0.717, 1.165) is 5.56 Å². The maximum absolute atomic E-state index is 13.2. The number of nitrogens with one attached hydrogen (secondary N) is 2. The lowest BCUT2D eigenvalue weighted by Gasteiger charge is -2.30. The monoisotopic (exact) mass is 421 g/mol. The molecule has 7 nitrogen and oxygen atoms in total. The highest BCUT2D eigenvalue weighted by atomic mass is 16.5. The van der Waals surface area contributed by atoms with Crippen molar-refractivity contribution in [1.82, 2.24) is 10.2 Å². The Morgan fingerprint density at radius 1 is 1.03 bits per heavy atom. The summed E-state index contributed by atoms with van der Waals surface area (Å²) in [4.78, 5) is 27.2. The number of hydrogen-bond donors (Lipinski definition) is 2. The number of benzene rings is 2. The van der Waals surface area contributed by atoms with Crippen molar-refractivity contribution in [2.45, 2.75) is 25.9 Å². The van der Waals surface area contributed by atoms with Crippen LogP contribution in [0.4, 0.5) is 10.5 Å². The Labute approximate surface area is 182 Å². The summed E-state index contributed by atoms with van der Waals surface area (Å²) in [5.41, 5.74) is 1.55. The Balaban J connectivity index is 1.69. The average Bonchev–Trinajstić information content (AvgIpc) is 3.32. The van der Waals surface area contributed by atoms with E-state index in [1.54, 1.807) is 42.5 Å². The minimum atomic E-state index is -0.306. The average molecular weight is 421 g/mol. The number of rotatable bonds is 9. The van der Waals surface area contributed by atoms with Gasteiger partial charge in [-0.25, -0.2) is 4.79 Å². The number of urea groups is 1. The summed E-state index contributed by atoms with van der Waals surface area (Å²) < 4.78 is 10.6. The van der Waals surface area contributed by atoms with Crippen molar-refractivity contribution in [2.75, 3.05) is 19.0 Å². The van der Waals surface area contributed by atoms with Gasteiger partial charge in [0.15, 0.2) is 0 Å². The van der Waals surface area contributed by atoms with Crippen molar-refractivity contribution in [3.05, 3.63) is 84.3 Å². The van der Waals surface area contributed by atoms with Gasteiger partial charge in [-0.3, -0.25) is 4.79 Å². The zero-order valence-electron chi connectivity index (χ0n) is 17.7. The van der Waals surface area contributed by atoms with E-state index in [4.69, 9.17) is 9.15 Å². The van der Waals surface area contributed by atoms with Crippen LogP contribution in [-0.2, 0) is 11.3 Å². The van der Waals surface area contributed by atoms with Crippen molar-refractivity contribution < 1.29 is 18.7 Å². The molecule has 3 aromatic rings. The van der Waals surface area contributed by atoms with Crippen LogP contribution in [0.15, 0.2) is 77.4 Å². The Morgan fingerprint density at radius 3 is 2.48 bits per heavy atom. The molecule has 7 heteroatoms. The SMILES string of the molecule is COc1ccccc1NC(=O)N(CCC(=O)NCc1ccco1)C(C)c1ccccc1. The van der Waals surface area contributed by atoms with Crippen LogP contribution in [0.2, 0.25) is 0 Å². The molecule has 1 atom stereocenters. The van der Waals surface area contributed by atoms with E-state index < -0.39 is 0 Å². The molecule has 0 bridgehead atoms. The van der Waals surface area contributed by atoms with Crippen LogP contribution in [0.25, 0.3) is 0 Å². The summed E-state index contributed by atoms with van der Waals surface area (Å²) in [5.74, 6) is 1.09. The molecular formula is C24H27N3O4. The quantitative estimate of drug-likeness (QED) is 0.529. The summed E-state index contributed by atoms with van der Waals surface area (Å²) in [5, 5.41) is 5.72. The zero-order chi connectivity index (χ0) is 22.1. The number of nitrogens with zero attached hydrogens (tertiary/aromatic N) is 1. The Kier molecular flexibility index (Phi) is 7.70. The molecule has 0 aliphatic carbocycles. The van der Waals surface area contributed by atoms with Crippen LogP contribution >= 0.6 is 0 Å². The van der Waals surface area contributed by atoms with E-state index in [1.807, 2.05) is 49.4 Å². The normalized spacial score (nSPS) is 11.4. The van der Waals surface area contributed by atoms with Gasteiger partial charge in [0.05, 0.1) is 31.6 Å². The summed E-state index contributed by atoms with van der Waals surface area (Å²) in [6.45, 7) is 2.51. The van der Waals surface area contributed by atoms with Crippen molar-refractivity contribution in [3.8, 4) is 5.75 Å². The molecule has 0 aliphatic rings. The molecular weight excluding hydrogens is 394 g/mol. The van der Waals surface area contributed by atoms with Crippen LogP contribution in [0.5, 0.6) is 5.75 Å². The van der Waals surface area contributed by atoms with Gasteiger partial charge in [0.1, 0.15) is 11.5 Å². The number of ether oxygens (including phenoxy) is 1. The second kappa shape index (κ2) is 10.9. The number of carbonyl (C=O) groups is 2. The van der Waals surface area contributed by atoms with Gasteiger partial charge in [-0.05, 0) is 36.8 Å². The predicted octanol–water partition coefficient (Wildman–Crippen LogP) is 4.59. The molecule has 2 N–H and O–H groups in total. The molecule has 0 saturated carbocycles. The minimum Gasteiger partial charge on any atom is -0.495 e. The molecule has 162 valence electrons. The molecule has 3 rings (SSSR count). The number of carbonyl (C=O) groups excluding carboxylic acids is 2. The molecule has 0 aliphatic heterocycles. The third kappa shape index (κ3) is 6.12. The predicted molar refractivity (Wildman–Crippen MR) is 119 cm³/mol. The maximum atomic E-state index is 13.2. The summed E-state index contributed by atoms with van der Waals surface area (Å²) in [6, 6.07) is 20.0. The van der Waals surface area contributed by atoms with Crippen molar-refractivity contribution >= 4 is 17.6 Å². The molecule has 1 unspecified atom stereocenters. The smallest absolute Gasteiger partial charge is 0.322 e. The van der Waals surface area contributed by atoms with E-state index in [0.29, 0.717) is 23.7 Å². The lowest BCUT2D eigenvalue weighted by atomic mass is 10.1. The fourth-order valence-electron chi connectivity index (χ4n) is 3.23. The molecule has 1 heterocycles. The highest BCUT2D eigenvalue weighted by Gasteiger charge is 2.23. The second-order valence-corrected chi connectivity index (χ2v) is 7.02. The van der Waals surface area contributed by atoms with E-state index in [2.05, 4.69) is 10.6 Å². The highest BCUT2D eigenvalue weighted by molar-refractivity contribution is 5.91. The van der Waals surface area contributed by atoms with E-state index in [9.17, 15) is 9.59 Å². The maximum Gasteiger partial charge on any atom is 0.322 e. The first kappa shape index (κ1) is 22.0. The molecule has 31 heavy (non-hydrogen) atoms. The molecule has 3 amide bonds. The molecule has 0 saturated heterocycles. The molecule has 2 aromatic carbocycles.